The molecule has 1 aromatic carbocycles. The SMILES string of the molecule is COc1ccc(C[N@+]2(C)CC3CCC2C3)cc1.[Br-]. The number of rotatable bonds is 3. The summed E-state index contributed by atoms with van der Waals surface area (Å²) < 4.78 is 6.47. The van der Waals surface area contributed by atoms with E-state index in [0.717, 1.165) is 17.7 Å². The fourth-order valence-corrected chi connectivity index (χ4v) is 3.86. The first-order valence-electron chi connectivity index (χ1n) is 6.67. The summed E-state index contributed by atoms with van der Waals surface area (Å²) in [5.41, 5.74) is 1.45. The topological polar surface area (TPSA) is 9.23 Å². The first-order chi connectivity index (χ1) is 8.19. The molecule has 0 spiro atoms. The molecule has 2 aliphatic rings. The zero-order valence-electron chi connectivity index (χ0n) is 11.2. The van der Waals surface area contributed by atoms with Crippen molar-refractivity contribution in [1.82, 2.24) is 0 Å². The van der Waals surface area contributed by atoms with Crippen LogP contribution in [0.4, 0.5) is 0 Å². The van der Waals surface area contributed by atoms with Crippen molar-refractivity contribution in [3.8, 4) is 5.75 Å². The van der Waals surface area contributed by atoms with Gasteiger partial charge in [0, 0.05) is 17.9 Å². The minimum Gasteiger partial charge on any atom is -1.00 e. The number of hydrogen-bond donors (Lipinski definition) is 0. The quantitative estimate of drug-likeness (QED) is 0.704. The van der Waals surface area contributed by atoms with E-state index in [4.69, 9.17) is 4.74 Å². The highest BCUT2D eigenvalue weighted by atomic mass is 79.9. The Hall–Kier alpha value is -0.540. The van der Waals surface area contributed by atoms with Gasteiger partial charge in [-0.25, -0.2) is 0 Å². The maximum Gasteiger partial charge on any atom is 0.118 e. The van der Waals surface area contributed by atoms with Crippen LogP contribution in [-0.4, -0.2) is 31.2 Å². The lowest BCUT2D eigenvalue weighted by molar-refractivity contribution is -0.938. The van der Waals surface area contributed by atoms with Crippen molar-refractivity contribution in [2.75, 3.05) is 20.7 Å². The number of ether oxygens (including phenoxy) is 1. The second kappa shape index (κ2) is 5.22. The predicted octanol–water partition coefficient (Wildman–Crippen LogP) is -0.172. The van der Waals surface area contributed by atoms with Crippen molar-refractivity contribution < 1.29 is 26.2 Å². The molecule has 1 aliphatic carbocycles. The Morgan fingerprint density at radius 2 is 1.94 bits per heavy atom. The Balaban J connectivity index is 0.00000120. The average Bonchev–Trinajstić information content (AvgIpc) is 2.89. The number of quaternary nitrogens is 1. The van der Waals surface area contributed by atoms with Gasteiger partial charge in [0.05, 0.1) is 26.7 Å². The minimum absolute atomic E-state index is 0. The van der Waals surface area contributed by atoms with E-state index < -0.39 is 0 Å². The fourth-order valence-electron chi connectivity index (χ4n) is 3.86. The zero-order valence-corrected chi connectivity index (χ0v) is 12.8. The Labute approximate surface area is 120 Å². The molecule has 3 rings (SSSR count). The van der Waals surface area contributed by atoms with Crippen molar-refractivity contribution in [2.45, 2.75) is 31.8 Å². The molecular weight excluding hydrogens is 290 g/mol. The molecule has 2 bridgehead atoms. The summed E-state index contributed by atoms with van der Waals surface area (Å²) in [7, 11) is 4.16. The lowest BCUT2D eigenvalue weighted by Crippen LogP contribution is -3.00. The molecule has 2 fully saturated rings. The monoisotopic (exact) mass is 311 g/mol. The molecule has 1 aliphatic heterocycles. The molecule has 2 nitrogen and oxygen atoms in total. The maximum atomic E-state index is 5.21. The highest BCUT2D eigenvalue weighted by molar-refractivity contribution is 5.26. The molecule has 0 N–H and O–H groups in total. The predicted molar refractivity (Wildman–Crippen MR) is 68.9 cm³/mol. The third-order valence-electron chi connectivity index (χ3n) is 4.77. The van der Waals surface area contributed by atoms with Crippen LogP contribution in [0.3, 0.4) is 0 Å². The van der Waals surface area contributed by atoms with E-state index in [-0.39, 0.29) is 17.0 Å². The number of nitrogens with zero attached hydrogens (tertiary/aromatic N) is 1. The van der Waals surface area contributed by atoms with E-state index >= 15 is 0 Å². The Morgan fingerprint density at radius 1 is 1.22 bits per heavy atom. The normalized spacial score (nSPS) is 33.2. The van der Waals surface area contributed by atoms with Crippen LogP contribution in [0.1, 0.15) is 24.8 Å². The van der Waals surface area contributed by atoms with Crippen LogP contribution in [0.5, 0.6) is 5.75 Å². The van der Waals surface area contributed by atoms with Gasteiger partial charge in [0.15, 0.2) is 0 Å². The van der Waals surface area contributed by atoms with Crippen molar-refractivity contribution in [1.29, 1.82) is 0 Å². The van der Waals surface area contributed by atoms with Crippen LogP contribution in [0.25, 0.3) is 0 Å². The molecule has 1 saturated carbocycles. The number of piperidine rings is 1. The van der Waals surface area contributed by atoms with Gasteiger partial charge < -0.3 is 26.2 Å². The standard InChI is InChI=1S/C15H22NO.BrH/c1-16(11-13-3-6-14(16)9-13)10-12-4-7-15(17-2)8-5-12;/h4-5,7-8,13-14H,3,6,9-11H2,1-2H3;1H/q+1;/p-1/t13?,14?,16-;/m1./s1. The lowest BCUT2D eigenvalue weighted by atomic mass is 10.1. The van der Waals surface area contributed by atoms with E-state index in [0.29, 0.717) is 0 Å². The largest absolute Gasteiger partial charge is 1.00 e. The van der Waals surface area contributed by atoms with Crippen LogP contribution in [0, 0.1) is 5.92 Å². The highest BCUT2D eigenvalue weighted by Crippen LogP contribution is 2.42. The lowest BCUT2D eigenvalue weighted by Gasteiger charge is -2.38. The summed E-state index contributed by atoms with van der Waals surface area (Å²) in [5.74, 6) is 1.96. The Bertz CT molecular complexity index is 405. The second-order valence-electron chi connectivity index (χ2n) is 6.00. The zero-order chi connectivity index (χ0) is 11.9. The van der Waals surface area contributed by atoms with Gasteiger partial charge in [-0.05, 0) is 37.1 Å². The summed E-state index contributed by atoms with van der Waals surface area (Å²) in [6, 6.07) is 9.51. The molecule has 3 atom stereocenters. The maximum absolute atomic E-state index is 5.21. The van der Waals surface area contributed by atoms with Gasteiger partial charge in [-0.1, -0.05) is 0 Å². The Kier molecular flexibility index (Phi) is 4.02. The first kappa shape index (κ1) is 13.9. The Morgan fingerprint density at radius 3 is 2.44 bits per heavy atom. The third-order valence-corrected chi connectivity index (χ3v) is 4.77. The molecule has 0 radical (unpaired) electrons. The average molecular weight is 312 g/mol. The number of fused-ring (bicyclic) bond motifs is 2. The van der Waals surface area contributed by atoms with E-state index in [9.17, 15) is 0 Å². The summed E-state index contributed by atoms with van der Waals surface area (Å²) in [6.45, 7) is 2.57. The van der Waals surface area contributed by atoms with Crippen LogP contribution < -0.4 is 21.7 Å². The van der Waals surface area contributed by atoms with Crippen molar-refractivity contribution in [3.63, 3.8) is 0 Å². The number of halogens is 1. The van der Waals surface area contributed by atoms with E-state index in [2.05, 4.69) is 31.3 Å². The molecule has 2 unspecified atom stereocenters. The minimum atomic E-state index is 0. The summed E-state index contributed by atoms with van der Waals surface area (Å²) >= 11 is 0. The summed E-state index contributed by atoms with van der Waals surface area (Å²) in [5, 5.41) is 0. The van der Waals surface area contributed by atoms with Crippen molar-refractivity contribution in [3.05, 3.63) is 29.8 Å². The summed E-state index contributed by atoms with van der Waals surface area (Å²) in [6.07, 6.45) is 4.38. The molecule has 100 valence electrons. The van der Waals surface area contributed by atoms with Gasteiger partial charge in [-0.2, -0.15) is 0 Å². The third kappa shape index (κ3) is 2.43. The van der Waals surface area contributed by atoms with E-state index in [1.165, 1.54) is 42.4 Å². The van der Waals surface area contributed by atoms with E-state index in [1.54, 1.807) is 7.11 Å². The van der Waals surface area contributed by atoms with Crippen LogP contribution >= 0.6 is 0 Å². The van der Waals surface area contributed by atoms with Gasteiger partial charge in [-0.3, -0.25) is 0 Å². The number of likely N-dealkylation sites (tertiary alicyclic amines) is 1. The van der Waals surface area contributed by atoms with Crippen LogP contribution in [0.15, 0.2) is 24.3 Å². The molecule has 1 saturated heterocycles. The van der Waals surface area contributed by atoms with Gasteiger partial charge >= 0.3 is 0 Å². The van der Waals surface area contributed by atoms with Crippen LogP contribution in [0.2, 0.25) is 0 Å². The van der Waals surface area contributed by atoms with Crippen molar-refractivity contribution >= 4 is 0 Å². The molecule has 3 heteroatoms. The van der Waals surface area contributed by atoms with Gasteiger partial charge in [-0.15, -0.1) is 0 Å². The molecule has 0 aromatic heterocycles. The van der Waals surface area contributed by atoms with Gasteiger partial charge in [0.1, 0.15) is 12.3 Å². The van der Waals surface area contributed by atoms with Crippen molar-refractivity contribution in [2.24, 2.45) is 5.92 Å². The molecular formula is C15H22BrNO. The smallest absolute Gasteiger partial charge is 0.118 e. The molecule has 1 heterocycles. The molecule has 0 amide bonds. The first-order valence-corrected chi connectivity index (χ1v) is 6.67. The molecule has 18 heavy (non-hydrogen) atoms. The highest BCUT2D eigenvalue weighted by Gasteiger charge is 2.48. The fraction of sp³-hybridized carbons (Fsp3) is 0.600. The van der Waals surface area contributed by atoms with Gasteiger partial charge in [0.25, 0.3) is 0 Å². The number of hydrogen-bond acceptors (Lipinski definition) is 1. The van der Waals surface area contributed by atoms with E-state index in [1.807, 2.05) is 0 Å². The molecule has 1 aromatic rings. The van der Waals surface area contributed by atoms with Gasteiger partial charge in [0.2, 0.25) is 0 Å². The van der Waals surface area contributed by atoms with Crippen LogP contribution in [-0.2, 0) is 6.54 Å². The second-order valence-corrected chi connectivity index (χ2v) is 6.00. The number of methoxy groups -OCH3 is 1. The number of benzene rings is 1. The summed E-state index contributed by atoms with van der Waals surface area (Å²) in [4.78, 5) is 0.